The summed E-state index contributed by atoms with van der Waals surface area (Å²) >= 11 is 0. The van der Waals surface area contributed by atoms with Crippen molar-refractivity contribution in [1.29, 1.82) is 5.26 Å². The van der Waals surface area contributed by atoms with E-state index in [4.69, 9.17) is 0 Å². The molecule has 6 nitrogen and oxygen atoms in total. The largest absolute Gasteiger partial charge is 0.390 e. The first kappa shape index (κ1) is 18.5. The molecular weight excluding hydrogens is 316 g/mol. The lowest BCUT2D eigenvalue weighted by atomic mass is 10.1. The zero-order chi connectivity index (χ0) is 18.1. The Balaban J connectivity index is 1.76. The van der Waals surface area contributed by atoms with Gasteiger partial charge in [0.2, 0.25) is 5.91 Å². The summed E-state index contributed by atoms with van der Waals surface area (Å²) in [7, 11) is 0. The highest BCUT2D eigenvalue weighted by Gasteiger charge is 2.24. The van der Waals surface area contributed by atoms with E-state index in [0.717, 1.165) is 12.8 Å². The van der Waals surface area contributed by atoms with Crippen molar-refractivity contribution in [3.63, 3.8) is 0 Å². The molecule has 0 saturated carbocycles. The van der Waals surface area contributed by atoms with E-state index >= 15 is 0 Å². The molecule has 0 spiro atoms. The Bertz CT molecular complexity index is 656. The van der Waals surface area contributed by atoms with Crippen LogP contribution in [0.4, 0.5) is 0 Å². The van der Waals surface area contributed by atoms with E-state index in [2.05, 4.69) is 17.4 Å². The predicted octanol–water partition coefficient (Wildman–Crippen LogP) is 1.31. The van der Waals surface area contributed by atoms with E-state index in [1.165, 1.54) is 18.7 Å². The minimum Gasteiger partial charge on any atom is -0.390 e. The zero-order valence-corrected chi connectivity index (χ0v) is 14.6. The minimum atomic E-state index is -0.277. The van der Waals surface area contributed by atoms with Crippen LogP contribution in [0.3, 0.4) is 0 Å². The lowest BCUT2D eigenvalue weighted by molar-refractivity contribution is -0.136. The summed E-state index contributed by atoms with van der Waals surface area (Å²) < 4.78 is 0. The van der Waals surface area contributed by atoms with Crippen molar-refractivity contribution in [1.82, 2.24) is 15.1 Å². The van der Waals surface area contributed by atoms with Crippen LogP contribution in [0.1, 0.15) is 18.9 Å². The molecule has 1 aromatic carbocycles. The first-order valence-corrected chi connectivity index (χ1v) is 8.54. The van der Waals surface area contributed by atoms with E-state index in [1.54, 1.807) is 9.80 Å². The SMILES string of the molecule is CC(=O)N1CCN(C(=O)/C(C#N)=C\NCCCc2ccccc2)CC1. The Morgan fingerprint density at radius 1 is 1.16 bits per heavy atom. The van der Waals surface area contributed by atoms with Gasteiger partial charge in [-0.25, -0.2) is 0 Å². The number of carbonyl (C=O) groups excluding carboxylic acids is 2. The fourth-order valence-corrected chi connectivity index (χ4v) is 2.75. The van der Waals surface area contributed by atoms with Gasteiger partial charge in [0, 0.05) is 45.8 Å². The Kier molecular flexibility index (Phi) is 7.02. The molecule has 1 fully saturated rings. The monoisotopic (exact) mass is 340 g/mol. The first-order chi connectivity index (χ1) is 12.1. The maximum Gasteiger partial charge on any atom is 0.266 e. The van der Waals surface area contributed by atoms with Gasteiger partial charge in [-0.05, 0) is 18.4 Å². The summed E-state index contributed by atoms with van der Waals surface area (Å²) in [5.74, 6) is -0.260. The zero-order valence-electron chi connectivity index (χ0n) is 14.6. The maximum atomic E-state index is 12.4. The molecule has 2 amide bonds. The molecule has 1 aliphatic heterocycles. The Morgan fingerprint density at radius 3 is 2.40 bits per heavy atom. The topological polar surface area (TPSA) is 76.4 Å². The molecule has 1 aromatic rings. The van der Waals surface area contributed by atoms with Gasteiger partial charge in [-0.3, -0.25) is 9.59 Å². The number of piperazine rings is 1. The van der Waals surface area contributed by atoms with Crippen LogP contribution in [-0.2, 0) is 16.0 Å². The van der Waals surface area contributed by atoms with Crippen molar-refractivity contribution < 1.29 is 9.59 Å². The second-order valence-electron chi connectivity index (χ2n) is 6.01. The number of hydrogen-bond acceptors (Lipinski definition) is 4. The molecule has 1 saturated heterocycles. The average molecular weight is 340 g/mol. The van der Waals surface area contributed by atoms with Crippen LogP contribution in [0.5, 0.6) is 0 Å². The number of nitriles is 1. The summed E-state index contributed by atoms with van der Waals surface area (Å²) in [4.78, 5) is 27.0. The molecule has 1 N–H and O–H groups in total. The highest BCUT2D eigenvalue weighted by atomic mass is 16.2. The number of carbonyl (C=O) groups is 2. The Hall–Kier alpha value is -2.81. The van der Waals surface area contributed by atoms with Crippen LogP contribution in [-0.4, -0.2) is 54.3 Å². The van der Waals surface area contributed by atoms with Crippen molar-refractivity contribution in [2.75, 3.05) is 32.7 Å². The summed E-state index contributed by atoms with van der Waals surface area (Å²) in [6.45, 7) is 4.19. The van der Waals surface area contributed by atoms with Gasteiger partial charge in [0.15, 0.2) is 0 Å². The van der Waals surface area contributed by atoms with Crippen molar-refractivity contribution >= 4 is 11.8 Å². The predicted molar refractivity (Wildman–Crippen MR) is 95.3 cm³/mol. The highest BCUT2D eigenvalue weighted by molar-refractivity contribution is 5.97. The van der Waals surface area contributed by atoms with Gasteiger partial charge in [-0.15, -0.1) is 0 Å². The molecule has 6 heteroatoms. The minimum absolute atomic E-state index is 0.0169. The molecule has 2 rings (SSSR count). The van der Waals surface area contributed by atoms with E-state index < -0.39 is 0 Å². The number of hydrogen-bond donors (Lipinski definition) is 1. The van der Waals surface area contributed by atoms with Crippen LogP contribution in [0.2, 0.25) is 0 Å². The number of nitrogens with zero attached hydrogens (tertiary/aromatic N) is 3. The van der Waals surface area contributed by atoms with Crippen LogP contribution in [0.15, 0.2) is 42.1 Å². The van der Waals surface area contributed by atoms with Crippen LogP contribution in [0.25, 0.3) is 0 Å². The third-order valence-electron chi connectivity index (χ3n) is 4.24. The third-order valence-corrected chi connectivity index (χ3v) is 4.24. The summed E-state index contributed by atoms with van der Waals surface area (Å²) in [6.07, 6.45) is 3.37. The molecule has 0 unspecified atom stereocenters. The van der Waals surface area contributed by atoms with Gasteiger partial charge >= 0.3 is 0 Å². The molecule has 1 aliphatic rings. The number of benzene rings is 1. The molecule has 0 atom stereocenters. The van der Waals surface area contributed by atoms with Crippen molar-refractivity contribution in [2.45, 2.75) is 19.8 Å². The Morgan fingerprint density at radius 2 is 1.80 bits per heavy atom. The van der Waals surface area contributed by atoms with E-state index in [-0.39, 0.29) is 17.4 Å². The number of rotatable bonds is 6. The molecular formula is C19H24N4O2. The highest BCUT2D eigenvalue weighted by Crippen LogP contribution is 2.07. The molecule has 25 heavy (non-hydrogen) atoms. The molecule has 0 aliphatic carbocycles. The van der Waals surface area contributed by atoms with Crippen LogP contribution >= 0.6 is 0 Å². The van der Waals surface area contributed by atoms with E-state index in [9.17, 15) is 14.9 Å². The van der Waals surface area contributed by atoms with E-state index in [1.807, 2.05) is 24.3 Å². The van der Waals surface area contributed by atoms with Gasteiger partial charge in [-0.1, -0.05) is 30.3 Å². The van der Waals surface area contributed by atoms with Gasteiger partial charge < -0.3 is 15.1 Å². The molecule has 132 valence electrons. The fraction of sp³-hybridized carbons (Fsp3) is 0.421. The van der Waals surface area contributed by atoms with E-state index in [0.29, 0.717) is 32.7 Å². The Labute approximate surface area is 148 Å². The molecule has 0 radical (unpaired) electrons. The van der Waals surface area contributed by atoms with Crippen molar-refractivity contribution in [2.24, 2.45) is 0 Å². The second-order valence-corrected chi connectivity index (χ2v) is 6.01. The molecule has 1 heterocycles. The number of aryl methyl sites for hydroxylation is 1. The van der Waals surface area contributed by atoms with Crippen molar-refractivity contribution in [3.8, 4) is 6.07 Å². The van der Waals surface area contributed by atoms with Crippen molar-refractivity contribution in [3.05, 3.63) is 47.7 Å². The summed E-state index contributed by atoms with van der Waals surface area (Å²) in [6, 6.07) is 12.2. The fourth-order valence-electron chi connectivity index (χ4n) is 2.75. The second kappa shape index (κ2) is 9.48. The van der Waals surface area contributed by atoms with Crippen LogP contribution in [0, 0.1) is 11.3 Å². The summed E-state index contributed by atoms with van der Waals surface area (Å²) in [5, 5.41) is 12.3. The maximum absolute atomic E-state index is 12.4. The number of nitrogens with one attached hydrogen (secondary N) is 1. The lowest BCUT2D eigenvalue weighted by Gasteiger charge is -2.34. The molecule has 0 bridgehead atoms. The average Bonchev–Trinajstić information content (AvgIpc) is 2.65. The number of amides is 2. The standard InChI is InChI=1S/C19H24N4O2/c1-16(24)22-10-12-23(13-11-22)19(25)18(14-20)15-21-9-5-8-17-6-3-2-4-7-17/h2-4,6-7,15,21H,5,8-13H2,1H3/b18-15-. The molecule has 0 aromatic heterocycles. The van der Waals surface area contributed by atoms with Gasteiger partial charge in [0.1, 0.15) is 11.6 Å². The first-order valence-electron chi connectivity index (χ1n) is 8.54. The van der Waals surface area contributed by atoms with Gasteiger partial charge in [0.25, 0.3) is 5.91 Å². The third kappa shape index (κ3) is 5.64. The lowest BCUT2D eigenvalue weighted by Crippen LogP contribution is -2.50. The van der Waals surface area contributed by atoms with Crippen LogP contribution < -0.4 is 5.32 Å². The van der Waals surface area contributed by atoms with Gasteiger partial charge in [-0.2, -0.15) is 5.26 Å². The smallest absolute Gasteiger partial charge is 0.266 e. The summed E-state index contributed by atoms with van der Waals surface area (Å²) in [5.41, 5.74) is 1.38. The quantitative estimate of drug-likeness (QED) is 0.481. The normalized spacial score (nSPS) is 14.8. The van der Waals surface area contributed by atoms with Gasteiger partial charge in [0.05, 0.1) is 0 Å².